The van der Waals surface area contributed by atoms with Crippen LogP contribution < -0.4 is 9.47 Å². The molecule has 0 fully saturated rings. The van der Waals surface area contributed by atoms with Crippen LogP contribution in [0.2, 0.25) is 0 Å². The first kappa shape index (κ1) is 7.40. The lowest BCUT2D eigenvalue weighted by molar-refractivity contribution is -0.173. The van der Waals surface area contributed by atoms with E-state index in [-0.39, 0.29) is 0 Å². The lowest BCUT2D eigenvalue weighted by Crippen LogP contribution is -2.27. The smallest absolute Gasteiger partial charge is 0.404 e. The van der Waals surface area contributed by atoms with E-state index >= 15 is 0 Å². The Morgan fingerprint density at radius 3 is 2.67 bits per heavy atom. The zero-order valence-electron chi connectivity index (χ0n) is 6.93. The Balaban J connectivity index is 2.43. The zero-order chi connectivity index (χ0) is 8.77. The van der Waals surface area contributed by atoms with Crippen LogP contribution >= 0.6 is 0 Å². The average Bonchev–Trinajstić information content (AvgIpc) is 2.21. The molecule has 0 spiro atoms. The summed E-state index contributed by atoms with van der Waals surface area (Å²) in [7, 11) is 0. The highest BCUT2D eigenvalue weighted by atomic mass is 19.2. The molecule has 1 aromatic carbocycles. The van der Waals surface area contributed by atoms with E-state index in [1.807, 2.05) is 13.0 Å². The maximum absolute atomic E-state index is 13.1. The Kier molecular flexibility index (Phi) is 1.31. The van der Waals surface area contributed by atoms with Gasteiger partial charge in [-0.2, -0.15) is 4.39 Å². The highest BCUT2D eigenvalue weighted by Gasteiger charge is 2.36. The summed E-state index contributed by atoms with van der Waals surface area (Å²) in [5.41, 5.74) is 1.02. The molecule has 1 heterocycles. The molecule has 0 N–H and O–H groups in total. The van der Waals surface area contributed by atoms with Crippen LogP contribution in [0.25, 0.3) is 0 Å². The number of ether oxygens (including phenoxy) is 2. The lowest BCUT2D eigenvalue weighted by atomic mass is 10.2. The summed E-state index contributed by atoms with van der Waals surface area (Å²) in [5.74, 6) is 0.936. The molecule has 0 saturated carbocycles. The van der Waals surface area contributed by atoms with Crippen molar-refractivity contribution in [2.75, 3.05) is 0 Å². The topological polar surface area (TPSA) is 18.5 Å². The van der Waals surface area contributed by atoms with E-state index in [9.17, 15) is 4.39 Å². The Bertz CT molecular complexity index is 320. The normalized spacial score (nSPS) is 25.9. The summed E-state index contributed by atoms with van der Waals surface area (Å²) in [6.07, 6.45) is 0. The Morgan fingerprint density at radius 1 is 1.25 bits per heavy atom. The second-order valence-electron chi connectivity index (χ2n) is 2.99. The lowest BCUT2D eigenvalue weighted by Gasteiger charge is -2.10. The molecule has 0 bridgehead atoms. The molecule has 0 unspecified atom stereocenters. The largest absolute Gasteiger partial charge is 0.423 e. The van der Waals surface area contributed by atoms with Gasteiger partial charge in [0.1, 0.15) is 0 Å². The van der Waals surface area contributed by atoms with Gasteiger partial charge in [0.25, 0.3) is 0 Å². The van der Waals surface area contributed by atoms with Gasteiger partial charge < -0.3 is 9.47 Å². The van der Waals surface area contributed by atoms with Crippen molar-refractivity contribution < 1.29 is 13.9 Å². The predicted molar refractivity (Wildman–Crippen MR) is 41.9 cm³/mol. The summed E-state index contributed by atoms with van der Waals surface area (Å²) in [6.45, 7) is 3.15. The van der Waals surface area contributed by atoms with Crippen LogP contribution in [-0.2, 0) is 0 Å². The van der Waals surface area contributed by atoms with Crippen molar-refractivity contribution in [3.05, 3.63) is 23.8 Å². The molecule has 1 aliphatic heterocycles. The Labute approximate surface area is 69.9 Å². The third-order valence-electron chi connectivity index (χ3n) is 1.68. The highest BCUT2D eigenvalue weighted by molar-refractivity contribution is 5.44. The molecule has 0 aliphatic carbocycles. The van der Waals surface area contributed by atoms with Crippen molar-refractivity contribution in [1.29, 1.82) is 0 Å². The van der Waals surface area contributed by atoms with Crippen molar-refractivity contribution in [3.63, 3.8) is 0 Å². The molecule has 12 heavy (non-hydrogen) atoms. The van der Waals surface area contributed by atoms with E-state index in [4.69, 9.17) is 9.47 Å². The first-order chi connectivity index (χ1) is 5.57. The van der Waals surface area contributed by atoms with E-state index in [1.165, 1.54) is 6.92 Å². The van der Waals surface area contributed by atoms with Gasteiger partial charge in [-0.15, -0.1) is 0 Å². The van der Waals surface area contributed by atoms with Gasteiger partial charge in [0.15, 0.2) is 11.5 Å². The summed E-state index contributed by atoms with van der Waals surface area (Å²) in [6, 6.07) is 3.30. The van der Waals surface area contributed by atoms with Crippen LogP contribution in [0, 0.1) is 6.92 Å². The molecular formula is C9H9FO2. The molecule has 0 aromatic heterocycles. The first-order valence-corrected chi connectivity index (χ1v) is 3.74. The second-order valence-corrected chi connectivity index (χ2v) is 2.99. The molecule has 3 heteroatoms. The van der Waals surface area contributed by atoms with E-state index in [1.54, 1.807) is 12.1 Å². The van der Waals surface area contributed by atoms with Crippen LogP contribution in [0.1, 0.15) is 12.5 Å². The molecule has 64 valence electrons. The third-order valence-corrected chi connectivity index (χ3v) is 1.68. The van der Waals surface area contributed by atoms with Gasteiger partial charge in [-0.25, -0.2) is 0 Å². The van der Waals surface area contributed by atoms with Gasteiger partial charge in [0.05, 0.1) is 0 Å². The van der Waals surface area contributed by atoms with Crippen LogP contribution in [0.4, 0.5) is 4.39 Å². The van der Waals surface area contributed by atoms with Crippen LogP contribution in [0.5, 0.6) is 11.5 Å². The predicted octanol–water partition coefficient (Wildman–Crippen LogP) is 2.41. The van der Waals surface area contributed by atoms with E-state index < -0.39 is 6.04 Å². The molecule has 0 radical (unpaired) electrons. The van der Waals surface area contributed by atoms with E-state index in [0.717, 1.165) is 5.56 Å². The SMILES string of the molecule is Cc1ccc2c(c1)O[C@](C)(F)O2. The molecule has 1 aliphatic rings. The first-order valence-electron chi connectivity index (χ1n) is 3.74. The molecular weight excluding hydrogens is 159 g/mol. The maximum Gasteiger partial charge on any atom is 0.404 e. The molecule has 0 amide bonds. The number of aryl methyl sites for hydroxylation is 1. The van der Waals surface area contributed by atoms with Crippen LogP contribution in [0.15, 0.2) is 18.2 Å². The van der Waals surface area contributed by atoms with Crippen molar-refractivity contribution in [2.24, 2.45) is 0 Å². The standard InChI is InChI=1S/C9H9FO2/c1-6-3-4-7-8(5-6)12-9(2,10)11-7/h3-5H,1-2H3/t9-/m1/s1. The van der Waals surface area contributed by atoms with E-state index in [2.05, 4.69) is 0 Å². The minimum atomic E-state index is -2.00. The maximum atomic E-state index is 13.1. The second kappa shape index (κ2) is 2.12. The Hall–Kier alpha value is -1.25. The van der Waals surface area contributed by atoms with Crippen LogP contribution in [0.3, 0.4) is 0 Å². The van der Waals surface area contributed by atoms with Gasteiger partial charge in [-0.1, -0.05) is 6.07 Å². The molecule has 2 nitrogen and oxygen atoms in total. The van der Waals surface area contributed by atoms with E-state index in [0.29, 0.717) is 11.5 Å². The average molecular weight is 168 g/mol. The monoisotopic (exact) mass is 168 g/mol. The number of hydrogen-bond donors (Lipinski definition) is 0. The molecule has 1 atom stereocenters. The van der Waals surface area contributed by atoms with Crippen LogP contribution in [-0.4, -0.2) is 6.04 Å². The fourth-order valence-electron chi connectivity index (χ4n) is 1.19. The van der Waals surface area contributed by atoms with Crippen molar-refractivity contribution in [2.45, 2.75) is 19.9 Å². The fraction of sp³-hybridized carbons (Fsp3) is 0.333. The van der Waals surface area contributed by atoms with Gasteiger partial charge in [0.2, 0.25) is 0 Å². The van der Waals surface area contributed by atoms with Crippen molar-refractivity contribution >= 4 is 0 Å². The summed E-state index contributed by atoms with van der Waals surface area (Å²) < 4.78 is 22.8. The number of rotatable bonds is 0. The Morgan fingerprint density at radius 2 is 1.92 bits per heavy atom. The summed E-state index contributed by atoms with van der Waals surface area (Å²) in [5, 5.41) is 0. The zero-order valence-corrected chi connectivity index (χ0v) is 6.93. The van der Waals surface area contributed by atoms with Gasteiger partial charge in [-0.3, -0.25) is 0 Å². The number of alkyl halides is 1. The highest BCUT2D eigenvalue weighted by Crippen LogP contribution is 2.40. The van der Waals surface area contributed by atoms with Gasteiger partial charge in [-0.05, 0) is 24.6 Å². The number of halogens is 1. The third kappa shape index (κ3) is 1.11. The minimum Gasteiger partial charge on any atom is -0.423 e. The molecule has 1 aromatic rings. The number of hydrogen-bond acceptors (Lipinski definition) is 2. The number of fused-ring (bicyclic) bond motifs is 1. The summed E-state index contributed by atoms with van der Waals surface area (Å²) >= 11 is 0. The van der Waals surface area contributed by atoms with Crippen molar-refractivity contribution in [3.8, 4) is 11.5 Å². The molecule has 2 rings (SSSR count). The number of benzene rings is 1. The quantitative estimate of drug-likeness (QED) is 0.592. The fourth-order valence-corrected chi connectivity index (χ4v) is 1.19. The molecule has 0 saturated heterocycles. The van der Waals surface area contributed by atoms with Gasteiger partial charge >= 0.3 is 6.04 Å². The summed E-state index contributed by atoms with van der Waals surface area (Å²) in [4.78, 5) is 0. The minimum absolute atomic E-state index is 0.464. The van der Waals surface area contributed by atoms with Gasteiger partial charge in [0, 0.05) is 6.92 Å². The van der Waals surface area contributed by atoms with Crippen molar-refractivity contribution in [1.82, 2.24) is 0 Å².